The van der Waals surface area contributed by atoms with Crippen LogP contribution in [0.3, 0.4) is 0 Å². The molecular formula is C7H7ClN2O2S. The van der Waals surface area contributed by atoms with Crippen molar-refractivity contribution in [1.82, 2.24) is 9.97 Å². The van der Waals surface area contributed by atoms with E-state index in [-0.39, 0.29) is 10.2 Å². The lowest BCUT2D eigenvalue weighted by molar-refractivity contribution is 0.593. The molecule has 1 heterocycles. The van der Waals surface area contributed by atoms with Gasteiger partial charge in [-0.2, -0.15) is 0 Å². The van der Waals surface area contributed by atoms with Crippen molar-refractivity contribution in [3.8, 4) is 0 Å². The van der Waals surface area contributed by atoms with E-state index in [1.54, 1.807) is 0 Å². The second kappa shape index (κ2) is 3.43. The quantitative estimate of drug-likeness (QED) is 0.698. The van der Waals surface area contributed by atoms with E-state index < -0.39 is 9.84 Å². The van der Waals surface area contributed by atoms with E-state index >= 15 is 0 Å². The van der Waals surface area contributed by atoms with Gasteiger partial charge >= 0.3 is 0 Å². The van der Waals surface area contributed by atoms with Gasteiger partial charge in [0.1, 0.15) is 0 Å². The van der Waals surface area contributed by atoms with Crippen LogP contribution in [0.1, 0.15) is 5.56 Å². The number of rotatable bonds is 2. The Morgan fingerprint density at radius 1 is 1.46 bits per heavy atom. The zero-order valence-corrected chi connectivity index (χ0v) is 8.43. The Hall–Kier alpha value is -0.940. The van der Waals surface area contributed by atoms with Gasteiger partial charge in [0.2, 0.25) is 15.0 Å². The molecule has 1 aromatic rings. The molecule has 0 bridgehead atoms. The summed E-state index contributed by atoms with van der Waals surface area (Å²) in [7, 11) is -3.34. The molecule has 0 unspecified atom stereocenters. The van der Waals surface area contributed by atoms with Gasteiger partial charge in [-0.15, -0.1) is 0 Å². The molecule has 0 radical (unpaired) electrons. The van der Waals surface area contributed by atoms with Crippen molar-refractivity contribution in [1.29, 1.82) is 0 Å². The molecule has 0 fully saturated rings. The predicted octanol–water partition coefficient (Wildman–Crippen LogP) is 1.09. The van der Waals surface area contributed by atoms with Crippen LogP contribution in [-0.4, -0.2) is 24.6 Å². The summed E-state index contributed by atoms with van der Waals surface area (Å²) in [6.45, 7) is 3.45. The second-order valence-electron chi connectivity index (χ2n) is 2.43. The fourth-order valence-corrected chi connectivity index (χ4v) is 1.23. The van der Waals surface area contributed by atoms with Crippen LogP contribution in [0.25, 0.3) is 5.03 Å². The smallest absolute Gasteiger partial charge is 0.226 e. The van der Waals surface area contributed by atoms with Crippen LogP contribution in [-0.2, 0) is 9.84 Å². The van der Waals surface area contributed by atoms with Crippen LogP contribution in [0, 0.1) is 0 Å². The third-order valence-corrected chi connectivity index (χ3v) is 2.37. The molecular weight excluding hydrogens is 212 g/mol. The number of nitrogens with zero attached hydrogens (tertiary/aromatic N) is 2. The van der Waals surface area contributed by atoms with E-state index in [0.717, 1.165) is 6.26 Å². The van der Waals surface area contributed by atoms with Crippen molar-refractivity contribution >= 4 is 26.5 Å². The molecule has 0 saturated carbocycles. The highest BCUT2D eigenvalue weighted by Gasteiger charge is 2.10. The first-order chi connectivity index (χ1) is 5.91. The topological polar surface area (TPSA) is 59.9 Å². The first-order valence-electron chi connectivity index (χ1n) is 3.28. The Kier molecular flexibility index (Phi) is 2.68. The summed E-state index contributed by atoms with van der Waals surface area (Å²) < 4.78 is 21.9. The molecule has 0 atom stereocenters. The van der Waals surface area contributed by atoms with Gasteiger partial charge in [-0.1, -0.05) is 18.2 Å². The summed E-state index contributed by atoms with van der Waals surface area (Å²) in [6.07, 6.45) is 3.68. The third-order valence-electron chi connectivity index (χ3n) is 1.27. The number of hydrogen-bond acceptors (Lipinski definition) is 4. The Labute approximate surface area is 81.2 Å². The molecule has 0 aliphatic rings. The average molecular weight is 219 g/mol. The molecule has 4 nitrogen and oxygen atoms in total. The summed E-state index contributed by atoms with van der Waals surface area (Å²) in [5.41, 5.74) is 0.508. The van der Waals surface area contributed by atoms with Gasteiger partial charge in [0.05, 0.1) is 0 Å². The molecule has 0 N–H and O–H groups in total. The largest absolute Gasteiger partial charge is 0.246 e. The molecule has 70 valence electrons. The Balaban J connectivity index is 3.16. The van der Waals surface area contributed by atoms with Gasteiger partial charge in [0, 0.05) is 29.2 Å². The van der Waals surface area contributed by atoms with Gasteiger partial charge < -0.3 is 0 Å². The summed E-state index contributed by atoms with van der Waals surface area (Å²) in [5, 5.41) is 0.0641. The maximum absolute atomic E-state index is 10.9. The minimum absolute atomic E-state index is 0.214. The van der Waals surface area contributed by atoms with Crippen LogP contribution in [0.4, 0.5) is 0 Å². The van der Waals surface area contributed by atoms with Crippen molar-refractivity contribution < 1.29 is 8.42 Å². The fourth-order valence-electron chi connectivity index (χ4n) is 0.648. The van der Waals surface area contributed by atoms with Gasteiger partial charge in [0.15, 0.2) is 0 Å². The van der Waals surface area contributed by atoms with Crippen molar-refractivity contribution in [2.24, 2.45) is 0 Å². The molecule has 1 rings (SSSR count). The summed E-state index contributed by atoms with van der Waals surface area (Å²) in [4.78, 5) is 7.25. The van der Waals surface area contributed by atoms with Crippen LogP contribution >= 0.6 is 11.6 Å². The molecule has 6 heteroatoms. The summed E-state index contributed by atoms with van der Waals surface area (Å²) >= 11 is 5.55. The molecule has 0 aliphatic carbocycles. The van der Waals surface area contributed by atoms with E-state index in [1.165, 1.54) is 12.4 Å². The molecule has 0 spiro atoms. The number of aromatic nitrogens is 2. The highest BCUT2D eigenvalue weighted by Crippen LogP contribution is 2.14. The molecule has 0 aliphatic heterocycles. The van der Waals surface area contributed by atoms with E-state index in [9.17, 15) is 8.42 Å². The Morgan fingerprint density at radius 2 is 1.92 bits per heavy atom. The van der Waals surface area contributed by atoms with Crippen LogP contribution < -0.4 is 0 Å². The van der Waals surface area contributed by atoms with Crippen LogP contribution in [0.5, 0.6) is 0 Å². The predicted molar refractivity (Wildman–Crippen MR) is 50.0 cm³/mol. The summed E-state index contributed by atoms with van der Waals surface area (Å²) in [6, 6.07) is 0. The fraction of sp³-hybridized carbons (Fsp3) is 0.143. The monoisotopic (exact) mass is 218 g/mol. The van der Waals surface area contributed by atoms with E-state index in [2.05, 4.69) is 16.5 Å². The van der Waals surface area contributed by atoms with Gasteiger partial charge in [0.25, 0.3) is 0 Å². The Morgan fingerprint density at radius 3 is 2.23 bits per heavy atom. The van der Waals surface area contributed by atoms with Crippen molar-refractivity contribution in [3.05, 3.63) is 24.5 Å². The summed E-state index contributed by atoms with van der Waals surface area (Å²) in [5.74, 6) is 0. The third kappa shape index (κ3) is 2.50. The lowest BCUT2D eigenvalue weighted by atomic mass is 10.3. The number of sulfone groups is 1. The molecule has 0 amide bonds. The van der Waals surface area contributed by atoms with Crippen molar-refractivity contribution in [2.75, 3.05) is 6.26 Å². The SMILES string of the molecule is C=C(Cl)c1cnc(S(C)(=O)=O)nc1. The van der Waals surface area contributed by atoms with Gasteiger partial charge in [-0.3, -0.25) is 0 Å². The van der Waals surface area contributed by atoms with E-state index in [4.69, 9.17) is 11.6 Å². The Bertz CT molecular complexity index is 424. The van der Waals surface area contributed by atoms with Gasteiger partial charge in [-0.05, 0) is 0 Å². The first kappa shape index (κ1) is 10.1. The minimum Gasteiger partial charge on any atom is -0.226 e. The van der Waals surface area contributed by atoms with Crippen molar-refractivity contribution in [2.45, 2.75) is 5.16 Å². The van der Waals surface area contributed by atoms with Gasteiger partial charge in [-0.25, -0.2) is 18.4 Å². The lowest BCUT2D eigenvalue weighted by Crippen LogP contribution is -2.03. The second-order valence-corrected chi connectivity index (χ2v) is 4.80. The molecule has 1 aromatic heterocycles. The van der Waals surface area contributed by atoms with E-state index in [1.807, 2.05) is 0 Å². The highest BCUT2D eigenvalue weighted by molar-refractivity contribution is 7.90. The molecule has 0 aromatic carbocycles. The normalized spacial score (nSPS) is 11.2. The standard InChI is InChI=1S/C7H7ClN2O2S/c1-5(8)6-3-9-7(10-4-6)13(2,11)12/h3-4H,1H2,2H3. The minimum atomic E-state index is -3.34. The maximum atomic E-state index is 10.9. The number of hydrogen-bond donors (Lipinski definition) is 0. The first-order valence-corrected chi connectivity index (χ1v) is 5.55. The zero-order valence-electron chi connectivity index (χ0n) is 6.86. The zero-order chi connectivity index (χ0) is 10.1. The maximum Gasteiger partial charge on any atom is 0.246 e. The lowest BCUT2D eigenvalue weighted by Gasteiger charge is -1.97. The number of halogens is 1. The highest BCUT2D eigenvalue weighted by atomic mass is 35.5. The molecule has 13 heavy (non-hydrogen) atoms. The van der Waals surface area contributed by atoms with Crippen LogP contribution in [0.2, 0.25) is 0 Å². The molecule has 0 saturated heterocycles. The average Bonchev–Trinajstić information content (AvgIpc) is 2.03. The van der Waals surface area contributed by atoms with Crippen LogP contribution in [0.15, 0.2) is 24.1 Å². The van der Waals surface area contributed by atoms with Crippen molar-refractivity contribution in [3.63, 3.8) is 0 Å². The van der Waals surface area contributed by atoms with E-state index in [0.29, 0.717) is 5.56 Å².